The molecule has 2 aromatic rings. The van der Waals surface area contributed by atoms with Crippen molar-refractivity contribution in [2.45, 2.75) is 44.9 Å². The van der Waals surface area contributed by atoms with E-state index in [4.69, 9.17) is 4.42 Å². The average molecular weight is 350 g/mol. The van der Waals surface area contributed by atoms with Crippen molar-refractivity contribution in [3.63, 3.8) is 0 Å². The molecule has 0 bridgehead atoms. The third-order valence-corrected chi connectivity index (χ3v) is 6.06. The summed E-state index contributed by atoms with van der Waals surface area (Å²) in [5.74, 6) is 1.02. The van der Waals surface area contributed by atoms with Gasteiger partial charge in [-0.15, -0.1) is 10.2 Å². The van der Waals surface area contributed by atoms with Crippen molar-refractivity contribution in [3.8, 4) is 0 Å². The van der Waals surface area contributed by atoms with E-state index < -0.39 is 15.3 Å². The van der Waals surface area contributed by atoms with Gasteiger partial charge < -0.3 is 9.73 Å². The van der Waals surface area contributed by atoms with Crippen LogP contribution in [0, 0.1) is 13.8 Å². The van der Waals surface area contributed by atoms with Crippen molar-refractivity contribution in [3.05, 3.63) is 41.1 Å². The van der Waals surface area contributed by atoms with Crippen LogP contribution in [0.3, 0.4) is 0 Å². The van der Waals surface area contributed by atoms with Gasteiger partial charge in [0, 0.05) is 13.0 Å². The standard InChI is InChI=1S/C16H22N4O3S/c1-4-14-18-19-16(23-14)13-8-12(9-17-13)24(21,22)20-15-10(2)6-5-7-11(15)3/h5-7,12-13,17,20H,4,8-9H2,1-3H3. The highest BCUT2D eigenvalue weighted by Crippen LogP contribution is 2.29. The molecule has 2 heterocycles. The van der Waals surface area contributed by atoms with Gasteiger partial charge in [0.15, 0.2) is 0 Å². The predicted octanol–water partition coefficient (Wildman–Crippen LogP) is 2.09. The summed E-state index contributed by atoms with van der Waals surface area (Å²) in [6.45, 7) is 6.08. The SMILES string of the molecule is CCc1nnc(C2CC(S(=O)(=O)Nc3c(C)cccc3C)CN2)o1. The Labute approximate surface area is 141 Å². The van der Waals surface area contributed by atoms with Gasteiger partial charge in [-0.25, -0.2) is 8.42 Å². The van der Waals surface area contributed by atoms with Crippen molar-refractivity contribution in [2.24, 2.45) is 0 Å². The van der Waals surface area contributed by atoms with Crippen LogP contribution in [-0.2, 0) is 16.4 Å². The summed E-state index contributed by atoms with van der Waals surface area (Å²) in [6.07, 6.45) is 1.07. The van der Waals surface area contributed by atoms with Crippen LogP contribution in [0.25, 0.3) is 0 Å². The summed E-state index contributed by atoms with van der Waals surface area (Å²) in [5.41, 5.74) is 2.48. The number of hydrogen-bond donors (Lipinski definition) is 2. The highest BCUT2D eigenvalue weighted by Gasteiger charge is 2.37. The molecule has 1 aliphatic heterocycles. The van der Waals surface area contributed by atoms with Crippen LogP contribution < -0.4 is 10.0 Å². The van der Waals surface area contributed by atoms with Crippen LogP contribution in [-0.4, -0.2) is 30.4 Å². The molecule has 24 heavy (non-hydrogen) atoms. The van der Waals surface area contributed by atoms with Gasteiger partial charge in [0.1, 0.15) is 0 Å². The van der Waals surface area contributed by atoms with E-state index in [1.54, 1.807) is 0 Å². The van der Waals surface area contributed by atoms with Crippen LogP contribution in [0.15, 0.2) is 22.6 Å². The van der Waals surface area contributed by atoms with Gasteiger partial charge in [-0.3, -0.25) is 4.72 Å². The monoisotopic (exact) mass is 350 g/mol. The normalized spacial score (nSPS) is 21.1. The Hall–Kier alpha value is -1.93. The smallest absolute Gasteiger partial charge is 0.236 e. The first-order chi connectivity index (χ1) is 11.4. The molecule has 1 aromatic heterocycles. The second-order valence-corrected chi connectivity index (χ2v) is 8.08. The summed E-state index contributed by atoms with van der Waals surface area (Å²) < 4.78 is 33.7. The zero-order valence-corrected chi connectivity index (χ0v) is 14.9. The van der Waals surface area contributed by atoms with Gasteiger partial charge in [-0.05, 0) is 31.4 Å². The van der Waals surface area contributed by atoms with Gasteiger partial charge in [0.2, 0.25) is 21.8 Å². The van der Waals surface area contributed by atoms with E-state index in [1.165, 1.54) is 0 Å². The summed E-state index contributed by atoms with van der Waals surface area (Å²) in [4.78, 5) is 0. The summed E-state index contributed by atoms with van der Waals surface area (Å²) in [6, 6.07) is 5.48. The minimum atomic E-state index is -3.50. The number of nitrogens with zero attached hydrogens (tertiary/aromatic N) is 2. The summed E-state index contributed by atoms with van der Waals surface area (Å²) in [7, 11) is -3.50. The van der Waals surface area contributed by atoms with Crippen molar-refractivity contribution < 1.29 is 12.8 Å². The molecule has 2 atom stereocenters. The summed E-state index contributed by atoms with van der Waals surface area (Å²) in [5, 5.41) is 10.6. The lowest BCUT2D eigenvalue weighted by atomic mass is 10.1. The van der Waals surface area contributed by atoms with Crippen LogP contribution in [0.4, 0.5) is 5.69 Å². The minimum absolute atomic E-state index is 0.225. The first kappa shape index (κ1) is 16.9. The van der Waals surface area contributed by atoms with Crippen LogP contribution >= 0.6 is 0 Å². The lowest BCUT2D eigenvalue weighted by Crippen LogP contribution is -2.30. The van der Waals surface area contributed by atoms with Crippen molar-refractivity contribution in [1.82, 2.24) is 15.5 Å². The van der Waals surface area contributed by atoms with Gasteiger partial charge in [-0.2, -0.15) is 0 Å². The highest BCUT2D eigenvalue weighted by atomic mass is 32.2. The molecule has 1 aromatic carbocycles. The van der Waals surface area contributed by atoms with Crippen molar-refractivity contribution in [1.29, 1.82) is 0 Å². The molecule has 2 N–H and O–H groups in total. The Morgan fingerprint density at radius 3 is 2.62 bits per heavy atom. The fraction of sp³-hybridized carbons (Fsp3) is 0.500. The number of aromatic nitrogens is 2. The first-order valence-corrected chi connectivity index (χ1v) is 9.59. The molecular formula is C16H22N4O3S. The van der Waals surface area contributed by atoms with E-state index in [9.17, 15) is 8.42 Å². The zero-order valence-electron chi connectivity index (χ0n) is 14.0. The van der Waals surface area contributed by atoms with E-state index in [1.807, 2.05) is 39.0 Å². The lowest BCUT2D eigenvalue weighted by Gasteiger charge is -2.16. The van der Waals surface area contributed by atoms with E-state index in [2.05, 4.69) is 20.2 Å². The molecule has 130 valence electrons. The maximum absolute atomic E-state index is 12.7. The minimum Gasteiger partial charge on any atom is -0.424 e. The van der Waals surface area contributed by atoms with E-state index in [0.717, 1.165) is 11.1 Å². The van der Waals surface area contributed by atoms with Gasteiger partial charge >= 0.3 is 0 Å². The molecule has 3 rings (SSSR count). The molecular weight excluding hydrogens is 328 g/mol. The number of rotatable bonds is 5. The quantitative estimate of drug-likeness (QED) is 0.857. The molecule has 1 fully saturated rings. The zero-order chi connectivity index (χ0) is 17.3. The number of anilines is 1. The number of para-hydroxylation sites is 1. The predicted molar refractivity (Wildman–Crippen MR) is 91.3 cm³/mol. The van der Waals surface area contributed by atoms with Crippen molar-refractivity contribution in [2.75, 3.05) is 11.3 Å². The third-order valence-electron chi connectivity index (χ3n) is 4.34. The molecule has 8 heteroatoms. The summed E-state index contributed by atoms with van der Waals surface area (Å²) >= 11 is 0. The Morgan fingerprint density at radius 1 is 1.29 bits per heavy atom. The molecule has 0 saturated carbocycles. The maximum atomic E-state index is 12.7. The molecule has 7 nitrogen and oxygen atoms in total. The van der Waals surface area contributed by atoms with E-state index >= 15 is 0 Å². The lowest BCUT2D eigenvalue weighted by molar-refractivity contribution is 0.405. The molecule has 1 aliphatic rings. The van der Waals surface area contributed by atoms with E-state index in [0.29, 0.717) is 36.9 Å². The number of sulfonamides is 1. The average Bonchev–Trinajstić information content (AvgIpc) is 3.19. The number of hydrogen-bond acceptors (Lipinski definition) is 6. The molecule has 0 spiro atoms. The topological polar surface area (TPSA) is 97.1 Å². The Bertz CT molecular complexity index is 811. The fourth-order valence-corrected chi connectivity index (χ4v) is 4.41. The van der Waals surface area contributed by atoms with Crippen LogP contribution in [0.5, 0.6) is 0 Å². The molecule has 0 radical (unpaired) electrons. The van der Waals surface area contributed by atoms with Gasteiger partial charge in [0.25, 0.3) is 0 Å². The maximum Gasteiger partial charge on any atom is 0.236 e. The van der Waals surface area contributed by atoms with Gasteiger partial charge in [-0.1, -0.05) is 25.1 Å². The first-order valence-electron chi connectivity index (χ1n) is 8.04. The molecule has 0 aliphatic carbocycles. The second-order valence-electron chi connectivity index (χ2n) is 6.12. The van der Waals surface area contributed by atoms with E-state index in [-0.39, 0.29) is 6.04 Å². The fourth-order valence-electron chi connectivity index (χ4n) is 2.88. The number of aryl methyl sites for hydroxylation is 3. The Kier molecular flexibility index (Phi) is 4.60. The molecule has 2 unspecified atom stereocenters. The molecule has 0 amide bonds. The largest absolute Gasteiger partial charge is 0.424 e. The molecule has 1 saturated heterocycles. The highest BCUT2D eigenvalue weighted by molar-refractivity contribution is 7.93. The van der Waals surface area contributed by atoms with Crippen LogP contribution in [0.1, 0.15) is 42.3 Å². The number of benzene rings is 1. The number of nitrogens with one attached hydrogen (secondary N) is 2. The Balaban J connectivity index is 1.74. The van der Waals surface area contributed by atoms with Crippen LogP contribution in [0.2, 0.25) is 0 Å². The van der Waals surface area contributed by atoms with Crippen molar-refractivity contribution >= 4 is 15.7 Å². The Morgan fingerprint density at radius 2 is 2.00 bits per heavy atom. The third kappa shape index (κ3) is 3.29. The second kappa shape index (κ2) is 6.52. The van der Waals surface area contributed by atoms with Gasteiger partial charge in [0.05, 0.1) is 17.0 Å².